The van der Waals surface area contributed by atoms with Gasteiger partial charge in [-0.25, -0.2) is 0 Å². The highest BCUT2D eigenvalue weighted by atomic mass is 35.5. The number of ether oxygens (including phenoxy) is 1. The Kier molecular flexibility index (Phi) is 4.19. The summed E-state index contributed by atoms with van der Waals surface area (Å²) in [5.74, 6) is 0.913. The molecule has 0 saturated carbocycles. The number of hydrogen-bond donors (Lipinski definition) is 2. The molecule has 0 unspecified atom stereocenters. The molecule has 0 amide bonds. The predicted molar refractivity (Wildman–Crippen MR) is 68.2 cm³/mol. The highest BCUT2D eigenvalue weighted by Crippen LogP contribution is 2.31. The van der Waals surface area contributed by atoms with Crippen LogP contribution in [-0.4, -0.2) is 19.2 Å². The van der Waals surface area contributed by atoms with E-state index in [2.05, 4.69) is 11.4 Å². The minimum absolute atomic E-state index is 0. The summed E-state index contributed by atoms with van der Waals surface area (Å²) in [5, 5.41) is 3.20. The first-order chi connectivity index (χ1) is 7.12. The van der Waals surface area contributed by atoms with Crippen molar-refractivity contribution in [3.63, 3.8) is 0 Å². The number of nitrogens with two attached hydrogens (primary N) is 1. The van der Waals surface area contributed by atoms with Crippen LogP contribution in [0.15, 0.2) is 24.3 Å². The van der Waals surface area contributed by atoms with Crippen LogP contribution in [0, 0.1) is 0 Å². The predicted octanol–water partition coefficient (Wildman–Crippen LogP) is 1.65. The van der Waals surface area contributed by atoms with Gasteiger partial charge in [0.15, 0.2) is 0 Å². The van der Waals surface area contributed by atoms with E-state index in [-0.39, 0.29) is 24.0 Å². The van der Waals surface area contributed by atoms with Crippen LogP contribution in [-0.2, 0) is 5.54 Å². The van der Waals surface area contributed by atoms with E-state index in [0.29, 0.717) is 0 Å². The van der Waals surface area contributed by atoms with Crippen LogP contribution in [0.1, 0.15) is 19.4 Å². The maximum Gasteiger partial charge on any atom is 0.124 e. The Bertz CT molecular complexity index is 351. The maximum atomic E-state index is 6.26. The molecular formula is C12H19ClN2O. The van der Waals surface area contributed by atoms with Crippen molar-refractivity contribution in [2.24, 2.45) is 5.73 Å². The van der Waals surface area contributed by atoms with Crippen LogP contribution in [0.4, 0.5) is 0 Å². The second-order valence-electron chi connectivity index (χ2n) is 4.42. The zero-order valence-electron chi connectivity index (χ0n) is 9.69. The van der Waals surface area contributed by atoms with Crippen LogP contribution >= 0.6 is 12.4 Å². The summed E-state index contributed by atoms with van der Waals surface area (Å²) in [7, 11) is 0. The quantitative estimate of drug-likeness (QED) is 0.848. The van der Waals surface area contributed by atoms with Crippen molar-refractivity contribution >= 4 is 12.4 Å². The first-order valence-corrected chi connectivity index (χ1v) is 5.37. The Balaban J connectivity index is 0.00000128. The van der Waals surface area contributed by atoms with Gasteiger partial charge in [-0.2, -0.15) is 0 Å². The SMILES string of the molecule is CC(C)Oc1ccccc1C1(N)CNC1.Cl. The van der Waals surface area contributed by atoms with Gasteiger partial charge in [0.05, 0.1) is 11.6 Å². The van der Waals surface area contributed by atoms with Gasteiger partial charge >= 0.3 is 0 Å². The zero-order chi connectivity index (χ0) is 10.9. The molecule has 90 valence electrons. The maximum absolute atomic E-state index is 6.26. The van der Waals surface area contributed by atoms with Crippen LogP contribution in [0.5, 0.6) is 5.75 Å². The summed E-state index contributed by atoms with van der Waals surface area (Å²) in [4.78, 5) is 0. The molecule has 2 rings (SSSR count). The Hall–Kier alpha value is -0.770. The molecule has 1 saturated heterocycles. The fourth-order valence-corrected chi connectivity index (χ4v) is 1.82. The molecule has 0 aliphatic carbocycles. The lowest BCUT2D eigenvalue weighted by molar-refractivity contribution is 0.221. The van der Waals surface area contributed by atoms with E-state index in [0.717, 1.165) is 24.4 Å². The Morgan fingerprint density at radius 1 is 1.31 bits per heavy atom. The highest BCUT2D eigenvalue weighted by molar-refractivity contribution is 5.85. The third kappa shape index (κ3) is 2.48. The molecule has 1 fully saturated rings. The summed E-state index contributed by atoms with van der Waals surface area (Å²) in [6.07, 6.45) is 0.183. The largest absolute Gasteiger partial charge is 0.491 e. The number of nitrogens with one attached hydrogen (secondary N) is 1. The van der Waals surface area contributed by atoms with Gasteiger partial charge in [0.2, 0.25) is 0 Å². The molecule has 0 spiro atoms. The van der Waals surface area contributed by atoms with Gasteiger partial charge in [0.25, 0.3) is 0 Å². The fourth-order valence-electron chi connectivity index (χ4n) is 1.82. The lowest BCUT2D eigenvalue weighted by atomic mass is 9.85. The summed E-state index contributed by atoms with van der Waals surface area (Å²) < 4.78 is 5.76. The Morgan fingerprint density at radius 3 is 2.44 bits per heavy atom. The molecule has 4 heteroatoms. The minimum atomic E-state index is -0.245. The smallest absolute Gasteiger partial charge is 0.124 e. The van der Waals surface area contributed by atoms with Crippen molar-refractivity contribution in [1.29, 1.82) is 0 Å². The van der Waals surface area contributed by atoms with Crippen molar-refractivity contribution in [2.45, 2.75) is 25.5 Å². The summed E-state index contributed by atoms with van der Waals surface area (Å²) >= 11 is 0. The molecule has 1 aromatic carbocycles. The van der Waals surface area contributed by atoms with Crippen LogP contribution < -0.4 is 15.8 Å². The molecule has 1 aliphatic rings. The number of halogens is 1. The number of para-hydroxylation sites is 1. The number of rotatable bonds is 3. The van der Waals surface area contributed by atoms with E-state index >= 15 is 0 Å². The first kappa shape index (κ1) is 13.3. The monoisotopic (exact) mass is 242 g/mol. The van der Waals surface area contributed by atoms with E-state index < -0.39 is 0 Å². The van der Waals surface area contributed by atoms with E-state index in [9.17, 15) is 0 Å². The zero-order valence-corrected chi connectivity index (χ0v) is 10.5. The van der Waals surface area contributed by atoms with Crippen LogP contribution in [0.25, 0.3) is 0 Å². The first-order valence-electron chi connectivity index (χ1n) is 5.37. The lowest BCUT2D eigenvalue weighted by Crippen LogP contribution is -2.62. The van der Waals surface area contributed by atoms with E-state index in [1.807, 2.05) is 32.0 Å². The molecular weight excluding hydrogens is 224 g/mol. The van der Waals surface area contributed by atoms with E-state index in [1.54, 1.807) is 0 Å². The summed E-state index contributed by atoms with van der Waals surface area (Å²) in [5.41, 5.74) is 7.12. The molecule has 1 aromatic rings. The molecule has 1 aliphatic heterocycles. The molecule has 1 heterocycles. The molecule has 0 bridgehead atoms. The van der Waals surface area contributed by atoms with E-state index in [4.69, 9.17) is 10.5 Å². The molecule has 3 N–H and O–H groups in total. The van der Waals surface area contributed by atoms with Gasteiger partial charge in [0.1, 0.15) is 5.75 Å². The van der Waals surface area contributed by atoms with Gasteiger partial charge < -0.3 is 15.8 Å². The van der Waals surface area contributed by atoms with E-state index in [1.165, 1.54) is 0 Å². The fraction of sp³-hybridized carbons (Fsp3) is 0.500. The molecule has 16 heavy (non-hydrogen) atoms. The number of hydrogen-bond acceptors (Lipinski definition) is 3. The van der Waals surface area contributed by atoms with Crippen molar-refractivity contribution in [2.75, 3.05) is 13.1 Å². The van der Waals surface area contributed by atoms with Crippen molar-refractivity contribution < 1.29 is 4.74 Å². The average molecular weight is 243 g/mol. The lowest BCUT2D eigenvalue weighted by Gasteiger charge is -2.40. The second-order valence-corrected chi connectivity index (χ2v) is 4.42. The molecule has 0 radical (unpaired) electrons. The Labute approximate surface area is 103 Å². The second kappa shape index (κ2) is 5.04. The van der Waals surface area contributed by atoms with Crippen LogP contribution in [0.2, 0.25) is 0 Å². The van der Waals surface area contributed by atoms with Gasteiger partial charge in [-0.3, -0.25) is 0 Å². The summed E-state index contributed by atoms with van der Waals surface area (Å²) in [6, 6.07) is 8.03. The summed E-state index contributed by atoms with van der Waals surface area (Å²) in [6.45, 7) is 5.70. The van der Waals surface area contributed by atoms with Crippen molar-refractivity contribution in [3.05, 3.63) is 29.8 Å². The van der Waals surface area contributed by atoms with Gasteiger partial charge in [-0.15, -0.1) is 12.4 Å². The Morgan fingerprint density at radius 2 is 1.94 bits per heavy atom. The number of benzene rings is 1. The van der Waals surface area contributed by atoms with Crippen molar-refractivity contribution in [1.82, 2.24) is 5.32 Å². The topological polar surface area (TPSA) is 47.3 Å². The third-order valence-electron chi connectivity index (χ3n) is 2.67. The molecule has 3 nitrogen and oxygen atoms in total. The highest BCUT2D eigenvalue weighted by Gasteiger charge is 2.36. The standard InChI is InChI=1S/C12H18N2O.ClH/c1-9(2)15-11-6-4-3-5-10(11)12(13)7-14-8-12;/h3-6,9,14H,7-8,13H2,1-2H3;1H. The van der Waals surface area contributed by atoms with Gasteiger partial charge in [-0.1, -0.05) is 18.2 Å². The van der Waals surface area contributed by atoms with Crippen molar-refractivity contribution in [3.8, 4) is 5.75 Å². The van der Waals surface area contributed by atoms with Crippen LogP contribution in [0.3, 0.4) is 0 Å². The average Bonchev–Trinajstić information content (AvgIpc) is 2.14. The minimum Gasteiger partial charge on any atom is -0.491 e. The van der Waals surface area contributed by atoms with Gasteiger partial charge in [-0.05, 0) is 19.9 Å². The normalized spacial score (nSPS) is 17.5. The van der Waals surface area contributed by atoms with Gasteiger partial charge in [0, 0.05) is 18.7 Å². The third-order valence-corrected chi connectivity index (χ3v) is 2.67. The molecule has 0 atom stereocenters. The molecule has 0 aromatic heterocycles.